The van der Waals surface area contributed by atoms with Crippen LogP contribution in [0.4, 0.5) is 0 Å². The van der Waals surface area contributed by atoms with E-state index in [1.807, 2.05) is 0 Å². The molecule has 1 aromatic rings. The minimum absolute atomic E-state index is 0.0196. The molecule has 1 unspecified atom stereocenters. The number of aromatic carboxylic acids is 1. The molecule has 1 atom stereocenters. The molecule has 0 fully saturated rings. The molecule has 2 N–H and O–H groups in total. The lowest BCUT2D eigenvalue weighted by Crippen LogP contribution is -1.95. The molecule has 5 heteroatoms. The van der Waals surface area contributed by atoms with Crippen LogP contribution in [0.25, 0.3) is 0 Å². The molecule has 1 heterocycles. The van der Waals surface area contributed by atoms with Gasteiger partial charge in [-0.2, -0.15) is 0 Å². The van der Waals surface area contributed by atoms with Crippen LogP contribution in [0.2, 0.25) is 0 Å². The number of carboxylic acid groups (broad SMARTS) is 1. The van der Waals surface area contributed by atoms with E-state index in [0.29, 0.717) is 0 Å². The normalized spacial score (nSPS) is 18.7. The molecular weight excluding hydrogens is 180 g/mol. The fourth-order valence-electron chi connectivity index (χ4n) is 0.653. The highest BCUT2D eigenvalue weighted by Gasteiger charge is 2.12. The summed E-state index contributed by atoms with van der Waals surface area (Å²) in [5.74, 6) is -1.13. The van der Waals surface area contributed by atoms with Gasteiger partial charge >= 0.3 is 5.97 Å². The van der Waals surface area contributed by atoms with Crippen LogP contribution < -0.4 is 0 Å². The Morgan fingerprint density at radius 1 is 1.92 bits per heavy atom. The van der Waals surface area contributed by atoms with Gasteiger partial charge in [-0.25, -0.2) is 4.79 Å². The molecule has 1 aromatic heterocycles. The molecule has 1 rings (SSSR count). The maximum atomic E-state index is 10.6. The van der Waals surface area contributed by atoms with Crippen molar-refractivity contribution in [3.8, 4) is 0 Å². The van der Waals surface area contributed by atoms with Crippen molar-refractivity contribution in [3.05, 3.63) is 21.9 Å². The van der Waals surface area contributed by atoms with E-state index in [1.54, 1.807) is 0 Å². The van der Waals surface area contributed by atoms with Crippen molar-refractivity contribution in [2.24, 2.45) is 0 Å². The quantitative estimate of drug-likeness (QED) is 0.700. The Balaban J connectivity index is 2.83. The minimum atomic E-state index is -2.71. The van der Waals surface area contributed by atoms with E-state index in [4.69, 9.17) is 10.7 Å². The first-order chi connectivity index (χ1) is 7.33. The summed E-state index contributed by atoms with van der Waals surface area (Å²) in [5, 5.41) is 12.7. The van der Waals surface area contributed by atoms with Crippen LogP contribution in [0.5, 0.6) is 0 Å². The predicted octanol–water partition coefficient (Wildman–Crippen LogP) is 1.08. The minimum Gasteiger partial charge on any atom is -0.477 e. The number of ether oxygens (including phenoxy) is 1. The van der Waals surface area contributed by atoms with Crippen molar-refractivity contribution in [3.63, 3.8) is 0 Å². The third-order valence-corrected chi connectivity index (χ3v) is 2.27. The van der Waals surface area contributed by atoms with Gasteiger partial charge in [0.15, 0.2) is 6.29 Å². The van der Waals surface area contributed by atoms with Gasteiger partial charge in [-0.3, -0.25) is 0 Å². The Bertz CT molecular complexity index is 375. The molecule has 0 aliphatic rings. The summed E-state index contributed by atoms with van der Waals surface area (Å²) in [7, 11) is -2.71. The summed E-state index contributed by atoms with van der Waals surface area (Å²) < 4.78 is 31.7. The maximum Gasteiger partial charge on any atom is 0.345 e. The molecule has 12 heavy (non-hydrogen) atoms. The Morgan fingerprint density at radius 2 is 2.75 bits per heavy atom. The van der Waals surface area contributed by atoms with Crippen molar-refractivity contribution in [2.75, 3.05) is 7.04 Å². The molecule has 0 aromatic carbocycles. The van der Waals surface area contributed by atoms with Crippen LogP contribution in [0.3, 0.4) is 0 Å². The van der Waals surface area contributed by atoms with Crippen LogP contribution in [-0.2, 0) is 4.74 Å². The first kappa shape index (κ1) is 4.96. The molecule has 0 saturated carbocycles. The lowest BCUT2D eigenvalue weighted by Gasteiger charge is -2.03. The predicted molar refractivity (Wildman–Crippen MR) is 43.2 cm³/mol. The summed E-state index contributed by atoms with van der Waals surface area (Å²) in [6.07, 6.45) is -1.41. The van der Waals surface area contributed by atoms with Crippen molar-refractivity contribution in [2.45, 2.75) is 6.29 Å². The topological polar surface area (TPSA) is 66.8 Å². The van der Waals surface area contributed by atoms with E-state index < -0.39 is 19.3 Å². The second-order valence-corrected chi connectivity index (χ2v) is 3.07. The SMILES string of the molecule is [2H]OC(OC([2H])([2H])[2H])c1ccc(C(=O)O)s1. The van der Waals surface area contributed by atoms with E-state index in [1.165, 1.54) is 12.1 Å². The van der Waals surface area contributed by atoms with Crippen LogP contribution in [-0.4, -0.2) is 24.7 Å². The molecule has 0 bridgehead atoms. The number of carboxylic acids is 1. The number of rotatable bonds is 4. The highest BCUT2D eigenvalue weighted by molar-refractivity contribution is 7.13. The molecule has 0 spiro atoms. The Morgan fingerprint density at radius 3 is 3.25 bits per heavy atom. The molecule has 0 saturated heterocycles. The average Bonchev–Trinajstić information content (AvgIpc) is 2.61. The van der Waals surface area contributed by atoms with Gasteiger partial charge in [0.25, 0.3) is 0 Å². The number of aliphatic hydroxyl groups excluding tert-OH is 1. The van der Waals surface area contributed by atoms with Gasteiger partial charge in [-0.15, -0.1) is 11.3 Å². The molecule has 0 aliphatic carbocycles. The Hall–Kier alpha value is -0.910. The number of aliphatic hydroxyl groups is 1. The van der Waals surface area contributed by atoms with Gasteiger partial charge in [0.05, 0.1) is 8.99 Å². The smallest absolute Gasteiger partial charge is 0.345 e. The first-order valence-electron chi connectivity index (χ1n) is 4.87. The van der Waals surface area contributed by atoms with E-state index in [2.05, 4.69) is 9.85 Å². The number of methoxy groups -OCH3 is 1. The van der Waals surface area contributed by atoms with Gasteiger partial charge in [0.2, 0.25) is 1.43 Å². The van der Waals surface area contributed by atoms with E-state index in [0.717, 1.165) is 11.3 Å². The van der Waals surface area contributed by atoms with E-state index in [9.17, 15) is 4.79 Å². The number of hydrogen-bond donors (Lipinski definition) is 2. The van der Waals surface area contributed by atoms with Crippen LogP contribution in [0.15, 0.2) is 12.1 Å². The lowest BCUT2D eigenvalue weighted by atomic mass is 10.4. The monoisotopic (exact) mass is 192 g/mol. The van der Waals surface area contributed by atoms with E-state index >= 15 is 0 Å². The third kappa shape index (κ3) is 1.82. The van der Waals surface area contributed by atoms with Gasteiger partial charge < -0.3 is 15.0 Å². The van der Waals surface area contributed by atoms with Crippen molar-refractivity contribution >= 4 is 17.3 Å². The highest BCUT2D eigenvalue weighted by atomic mass is 32.1. The standard InChI is InChI=1S/C7H8O4S/c1-11-7(10)5-3-2-4(12-5)6(8)9/h2-3,7,10H,1H3,(H,8,9)/i1D3,10D. The summed E-state index contributed by atoms with van der Waals surface area (Å²) in [6, 6.07) is 2.64. The van der Waals surface area contributed by atoms with Crippen molar-refractivity contribution in [1.82, 2.24) is 0 Å². The van der Waals surface area contributed by atoms with E-state index in [-0.39, 0.29) is 9.75 Å². The fraction of sp³-hybridized carbons (Fsp3) is 0.286. The molecule has 0 aliphatic heterocycles. The number of carbonyl (C=O) groups is 1. The maximum absolute atomic E-state index is 10.6. The zero-order valence-electron chi connectivity index (χ0n) is 9.81. The van der Waals surface area contributed by atoms with Gasteiger partial charge in [-0.1, -0.05) is 0 Å². The number of hydrogen-bond acceptors (Lipinski definition) is 4. The van der Waals surface area contributed by atoms with Gasteiger partial charge in [-0.05, 0) is 12.1 Å². The highest BCUT2D eigenvalue weighted by Crippen LogP contribution is 2.23. The third-order valence-electron chi connectivity index (χ3n) is 1.18. The molecule has 0 radical (unpaired) electrons. The van der Waals surface area contributed by atoms with Gasteiger partial charge in [0, 0.05) is 7.04 Å². The lowest BCUT2D eigenvalue weighted by molar-refractivity contribution is -0.0743. The Labute approximate surface area is 78.7 Å². The molecule has 4 nitrogen and oxygen atoms in total. The summed E-state index contributed by atoms with van der Waals surface area (Å²) in [4.78, 5) is 10.8. The van der Waals surface area contributed by atoms with Crippen molar-refractivity contribution < 1.29 is 23.9 Å². The summed E-state index contributed by atoms with van der Waals surface area (Å²) in [6.45, 7) is 0. The van der Waals surface area contributed by atoms with Crippen LogP contribution >= 0.6 is 11.3 Å². The summed E-state index contributed by atoms with van der Waals surface area (Å²) >= 11 is 0.795. The first-order valence-corrected chi connectivity index (χ1v) is 3.78. The zero-order chi connectivity index (χ0) is 12.3. The largest absolute Gasteiger partial charge is 0.477 e. The fourth-order valence-corrected chi connectivity index (χ4v) is 1.41. The summed E-state index contributed by atoms with van der Waals surface area (Å²) in [5.41, 5.74) is 0. The molecular formula is C7H8O4S. The zero-order valence-corrected chi connectivity index (χ0v) is 6.63. The van der Waals surface area contributed by atoms with Crippen LogP contribution in [0, 0.1) is 0 Å². The Kier molecular flexibility index (Phi) is 1.51. The molecule has 66 valence electrons. The van der Waals surface area contributed by atoms with Crippen LogP contribution in [0.1, 0.15) is 25.0 Å². The van der Waals surface area contributed by atoms with Gasteiger partial charge in [0.1, 0.15) is 4.88 Å². The second kappa shape index (κ2) is 3.66. The average molecular weight is 192 g/mol. The second-order valence-electron chi connectivity index (χ2n) is 1.96. The number of thiophene rings is 1. The molecule has 0 amide bonds. The van der Waals surface area contributed by atoms with Crippen molar-refractivity contribution in [1.29, 1.82) is 1.43 Å².